The maximum absolute atomic E-state index is 10.9. The predicted molar refractivity (Wildman–Crippen MR) is 82.9 cm³/mol. The van der Waals surface area contributed by atoms with Gasteiger partial charge in [0.25, 0.3) is 0 Å². The Morgan fingerprint density at radius 1 is 1.15 bits per heavy atom. The smallest absolute Gasteiger partial charge is 0.0512 e. The summed E-state index contributed by atoms with van der Waals surface area (Å²) in [6, 6.07) is 2.43. The summed E-state index contributed by atoms with van der Waals surface area (Å²) < 4.78 is 0. The van der Waals surface area contributed by atoms with Gasteiger partial charge in [-0.15, -0.1) is 6.58 Å². The Hall–Kier alpha value is -0.573. The molecule has 2 aliphatic rings. The van der Waals surface area contributed by atoms with Gasteiger partial charge in [0.05, 0.1) is 8.80 Å². The van der Waals surface area contributed by atoms with Crippen LogP contribution >= 0.6 is 0 Å². The van der Waals surface area contributed by atoms with Gasteiger partial charge < -0.3 is 9.90 Å². The first-order valence-corrected chi connectivity index (χ1v) is 10.4. The number of unbranched alkanes of at least 4 members (excludes halogenated alkanes) is 1. The summed E-state index contributed by atoms with van der Waals surface area (Å²) in [5, 5.41) is 10.9. The number of aliphatic carboxylic acids is 1. The number of allylic oxidation sites excluding steroid dienone is 1. The topological polar surface area (TPSA) is 40.1 Å². The minimum absolute atomic E-state index is 0.140. The average Bonchev–Trinajstić information content (AvgIpc) is 2.48. The van der Waals surface area contributed by atoms with Gasteiger partial charge in [-0.3, -0.25) is 0 Å². The monoisotopic (exact) mass is 292 g/mol. The highest BCUT2D eigenvalue weighted by Gasteiger charge is 2.32. The molecule has 20 heavy (non-hydrogen) atoms. The van der Waals surface area contributed by atoms with E-state index in [0.29, 0.717) is 0 Å². The largest absolute Gasteiger partial charge is 0.550 e. The van der Waals surface area contributed by atoms with E-state index < -0.39 is 5.97 Å². The molecule has 0 spiro atoms. The molecule has 1 aliphatic carbocycles. The van der Waals surface area contributed by atoms with Crippen LogP contribution in [0.5, 0.6) is 0 Å². The van der Waals surface area contributed by atoms with Crippen LogP contribution in [0.3, 0.4) is 0 Å². The van der Waals surface area contributed by atoms with Gasteiger partial charge in [-0.1, -0.05) is 50.3 Å². The molecule has 113 valence electrons. The highest BCUT2D eigenvalue weighted by Crippen LogP contribution is 2.41. The van der Waals surface area contributed by atoms with Gasteiger partial charge in [-0.2, -0.15) is 0 Å². The second kappa shape index (κ2) is 8.01. The molecule has 0 aromatic carbocycles. The Labute approximate surface area is 125 Å². The number of rotatable bonds is 6. The molecule has 0 aromatic rings. The second-order valence-electron chi connectivity index (χ2n) is 6.69. The Bertz CT molecular complexity index is 313. The molecule has 1 radical (unpaired) electrons. The summed E-state index contributed by atoms with van der Waals surface area (Å²) in [5.41, 5.74) is 0.971. The van der Waals surface area contributed by atoms with E-state index in [9.17, 15) is 9.90 Å². The average molecular weight is 292 g/mol. The van der Waals surface area contributed by atoms with Gasteiger partial charge in [0.1, 0.15) is 0 Å². The molecular weight excluding hydrogens is 264 g/mol. The number of carbonyl (C=O) groups excluding carboxylic acids is 1. The van der Waals surface area contributed by atoms with E-state index in [4.69, 9.17) is 0 Å². The number of carbonyl (C=O) groups is 1. The minimum atomic E-state index is -0.808. The summed E-state index contributed by atoms with van der Waals surface area (Å²) in [5.74, 6) is 0.00401. The van der Waals surface area contributed by atoms with Crippen LogP contribution in [0.1, 0.15) is 57.8 Å². The van der Waals surface area contributed by atoms with Crippen LogP contribution in [0.15, 0.2) is 12.7 Å². The molecule has 0 unspecified atom stereocenters. The maximum Gasteiger partial charge on any atom is 0.0512 e. The predicted octanol–water partition coefficient (Wildman–Crippen LogP) is 3.56. The lowest BCUT2D eigenvalue weighted by Crippen LogP contribution is -2.37. The van der Waals surface area contributed by atoms with E-state index in [1.54, 1.807) is 0 Å². The fourth-order valence-electron chi connectivity index (χ4n) is 4.04. The van der Waals surface area contributed by atoms with Crippen molar-refractivity contribution in [3.63, 3.8) is 0 Å². The summed E-state index contributed by atoms with van der Waals surface area (Å²) in [6.45, 7) is 3.79. The molecule has 2 rings (SSSR count). The van der Waals surface area contributed by atoms with Crippen molar-refractivity contribution in [2.75, 3.05) is 0 Å². The zero-order valence-corrected chi connectivity index (χ0v) is 13.6. The molecule has 0 atom stereocenters. The van der Waals surface area contributed by atoms with Crippen molar-refractivity contribution in [3.8, 4) is 0 Å². The Morgan fingerprint density at radius 3 is 2.35 bits per heavy atom. The number of carboxylic acid groups (broad SMARTS) is 1. The van der Waals surface area contributed by atoms with Gasteiger partial charge >= 0.3 is 0 Å². The van der Waals surface area contributed by atoms with E-state index in [-0.39, 0.29) is 14.7 Å². The SMILES string of the molecule is C=CCCCC1CCC([Si]2CCC(C(=O)[O-])CC2)CC1. The van der Waals surface area contributed by atoms with Crippen molar-refractivity contribution >= 4 is 14.8 Å². The van der Waals surface area contributed by atoms with E-state index in [2.05, 4.69) is 6.58 Å². The number of hydrogen-bond acceptors (Lipinski definition) is 2. The van der Waals surface area contributed by atoms with Crippen molar-refractivity contribution < 1.29 is 9.90 Å². The molecule has 3 heteroatoms. The lowest BCUT2D eigenvalue weighted by molar-refractivity contribution is -0.311. The molecule has 2 fully saturated rings. The highest BCUT2D eigenvalue weighted by molar-refractivity contribution is 6.60. The van der Waals surface area contributed by atoms with Gasteiger partial charge in [0, 0.05) is 5.97 Å². The maximum atomic E-state index is 10.9. The number of hydrogen-bond donors (Lipinski definition) is 0. The Morgan fingerprint density at radius 2 is 1.80 bits per heavy atom. The molecule has 0 aromatic heterocycles. The van der Waals surface area contributed by atoms with Crippen LogP contribution in [0.25, 0.3) is 0 Å². The van der Waals surface area contributed by atoms with Crippen LogP contribution in [0, 0.1) is 11.8 Å². The molecule has 0 amide bonds. The quantitative estimate of drug-likeness (QED) is 0.426. The second-order valence-corrected chi connectivity index (χ2v) is 9.82. The molecule has 1 heterocycles. The van der Waals surface area contributed by atoms with E-state index >= 15 is 0 Å². The van der Waals surface area contributed by atoms with Gasteiger partial charge in [0.15, 0.2) is 0 Å². The molecular formula is C17H28O2Si-. The number of carboxylic acids is 1. The fourth-order valence-corrected chi connectivity index (χ4v) is 7.70. The third-order valence-electron chi connectivity index (χ3n) is 5.41. The standard InChI is InChI=1S/C17H29O2Si/c1-2-3-4-5-14-6-8-16(9-7-14)20-12-10-15(11-13-20)17(18)19/h2,14-16H,1,3-13H2,(H,18,19)/p-1. The van der Waals surface area contributed by atoms with Crippen LogP contribution in [-0.2, 0) is 4.79 Å². The van der Waals surface area contributed by atoms with Crippen molar-refractivity contribution in [2.45, 2.75) is 75.4 Å². The molecule has 0 bridgehead atoms. The van der Waals surface area contributed by atoms with Crippen molar-refractivity contribution in [1.29, 1.82) is 0 Å². The van der Waals surface area contributed by atoms with Gasteiger partial charge in [-0.25, -0.2) is 0 Å². The van der Waals surface area contributed by atoms with Crippen LogP contribution in [0.2, 0.25) is 17.6 Å². The highest BCUT2D eigenvalue weighted by atomic mass is 28.3. The minimum Gasteiger partial charge on any atom is -0.550 e. The van der Waals surface area contributed by atoms with Crippen molar-refractivity contribution in [2.24, 2.45) is 11.8 Å². The van der Waals surface area contributed by atoms with Gasteiger partial charge in [0.2, 0.25) is 0 Å². The summed E-state index contributed by atoms with van der Waals surface area (Å²) in [6.07, 6.45) is 13.4. The third kappa shape index (κ3) is 4.47. The molecule has 0 N–H and O–H groups in total. The van der Waals surface area contributed by atoms with E-state index in [1.165, 1.54) is 57.0 Å². The Balaban J connectivity index is 1.67. The molecule has 1 aliphatic heterocycles. The summed E-state index contributed by atoms with van der Waals surface area (Å²) in [7, 11) is -0.269. The fraction of sp³-hybridized carbons (Fsp3) is 0.824. The first-order valence-electron chi connectivity index (χ1n) is 8.37. The zero-order valence-electron chi connectivity index (χ0n) is 12.6. The lowest BCUT2D eigenvalue weighted by Gasteiger charge is -2.37. The van der Waals surface area contributed by atoms with E-state index in [0.717, 1.165) is 24.3 Å². The molecule has 1 saturated heterocycles. The first kappa shape index (κ1) is 15.8. The van der Waals surface area contributed by atoms with Crippen LogP contribution in [0.4, 0.5) is 0 Å². The summed E-state index contributed by atoms with van der Waals surface area (Å²) >= 11 is 0. The van der Waals surface area contributed by atoms with Crippen LogP contribution < -0.4 is 5.11 Å². The lowest BCUT2D eigenvalue weighted by atomic mass is 9.85. The van der Waals surface area contributed by atoms with Crippen molar-refractivity contribution in [3.05, 3.63) is 12.7 Å². The van der Waals surface area contributed by atoms with Gasteiger partial charge in [-0.05, 0) is 43.1 Å². The molecule has 1 saturated carbocycles. The zero-order chi connectivity index (χ0) is 14.4. The van der Waals surface area contributed by atoms with Crippen LogP contribution in [-0.4, -0.2) is 14.8 Å². The Kier molecular flexibility index (Phi) is 6.33. The van der Waals surface area contributed by atoms with E-state index in [1.807, 2.05) is 6.08 Å². The molecule has 2 nitrogen and oxygen atoms in total. The third-order valence-corrected chi connectivity index (χ3v) is 9.00. The first-order chi connectivity index (χ1) is 9.70. The summed E-state index contributed by atoms with van der Waals surface area (Å²) in [4.78, 5) is 10.9. The van der Waals surface area contributed by atoms with Crippen molar-refractivity contribution in [1.82, 2.24) is 0 Å². The normalized spacial score (nSPS) is 29.2.